The van der Waals surface area contributed by atoms with E-state index >= 15 is 0 Å². The maximum Gasteiger partial charge on any atom is 0.226 e. The van der Waals surface area contributed by atoms with Gasteiger partial charge in [0.15, 0.2) is 0 Å². The number of nitrogens with zero attached hydrogens (tertiary/aromatic N) is 1. The van der Waals surface area contributed by atoms with Crippen molar-refractivity contribution in [1.82, 2.24) is 4.90 Å². The fourth-order valence-electron chi connectivity index (χ4n) is 3.89. The predicted molar refractivity (Wildman–Crippen MR) is 91.0 cm³/mol. The van der Waals surface area contributed by atoms with Crippen LogP contribution in [-0.2, 0) is 9.53 Å². The maximum atomic E-state index is 13.0. The minimum atomic E-state index is -0.0198. The lowest BCUT2D eigenvalue weighted by Gasteiger charge is -2.41. The van der Waals surface area contributed by atoms with E-state index in [0.717, 1.165) is 25.7 Å². The molecule has 0 spiro atoms. The molecule has 2 fully saturated rings. The number of hydrogen-bond acceptors (Lipinski definition) is 3. The smallest absolute Gasteiger partial charge is 0.226 e. The molecule has 1 aliphatic heterocycles. The lowest BCUT2D eigenvalue weighted by molar-refractivity contribution is -0.150. The molecule has 1 aromatic carbocycles. The number of nitrogens with two attached hydrogens (primary N) is 1. The van der Waals surface area contributed by atoms with E-state index in [-0.39, 0.29) is 30.0 Å². The first-order valence-corrected chi connectivity index (χ1v) is 8.79. The highest BCUT2D eigenvalue weighted by atomic mass is 16.5. The second-order valence-electron chi connectivity index (χ2n) is 7.14. The van der Waals surface area contributed by atoms with Crippen LogP contribution < -0.4 is 5.73 Å². The van der Waals surface area contributed by atoms with Gasteiger partial charge in [-0.1, -0.05) is 30.7 Å². The molecule has 3 rings (SSSR count). The molecule has 1 saturated carbocycles. The van der Waals surface area contributed by atoms with Gasteiger partial charge in [0.1, 0.15) is 6.10 Å². The quantitative estimate of drug-likeness (QED) is 0.913. The summed E-state index contributed by atoms with van der Waals surface area (Å²) in [6.07, 6.45) is 3.91. The van der Waals surface area contributed by atoms with Gasteiger partial charge in [0.2, 0.25) is 5.91 Å². The first-order valence-electron chi connectivity index (χ1n) is 8.79. The Balaban J connectivity index is 1.73. The molecule has 4 heteroatoms. The van der Waals surface area contributed by atoms with Crippen LogP contribution in [0, 0.1) is 12.8 Å². The van der Waals surface area contributed by atoms with Crippen molar-refractivity contribution in [3.63, 3.8) is 0 Å². The summed E-state index contributed by atoms with van der Waals surface area (Å²) in [7, 11) is 0. The minimum Gasteiger partial charge on any atom is -0.370 e. The lowest BCUT2D eigenvalue weighted by Crippen LogP contribution is -2.51. The van der Waals surface area contributed by atoms with Gasteiger partial charge >= 0.3 is 0 Å². The molecule has 126 valence electrons. The molecule has 0 radical (unpaired) electrons. The first kappa shape index (κ1) is 16.5. The molecule has 1 heterocycles. The molecule has 1 saturated heterocycles. The zero-order valence-corrected chi connectivity index (χ0v) is 14.2. The Morgan fingerprint density at radius 2 is 2.09 bits per heavy atom. The molecule has 4 atom stereocenters. The van der Waals surface area contributed by atoms with Crippen LogP contribution in [0.25, 0.3) is 0 Å². The Labute approximate surface area is 139 Å². The second-order valence-corrected chi connectivity index (χ2v) is 7.14. The molecule has 2 N–H and O–H groups in total. The number of carbonyl (C=O) groups is 1. The molecule has 1 aromatic rings. The fraction of sp³-hybridized carbons (Fsp3) is 0.632. The highest BCUT2D eigenvalue weighted by Crippen LogP contribution is 2.31. The molecular weight excluding hydrogens is 288 g/mol. The number of ether oxygens (including phenoxy) is 1. The molecule has 0 unspecified atom stereocenters. The minimum absolute atomic E-state index is 0.0198. The van der Waals surface area contributed by atoms with Crippen molar-refractivity contribution in [3.05, 3.63) is 35.4 Å². The Kier molecular flexibility index (Phi) is 5.02. The number of hydrogen-bond donors (Lipinski definition) is 1. The van der Waals surface area contributed by atoms with Crippen molar-refractivity contribution < 1.29 is 9.53 Å². The van der Waals surface area contributed by atoms with Gasteiger partial charge in [-0.2, -0.15) is 0 Å². The largest absolute Gasteiger partial charge is 0.370 e. The van der Waals surface area contributed by atoms with E-state index in [0.29, 0.717) is 13.2 Å². The van der Waals surface area contributed by atoms with Gasteiger partial charge in [0.25, 0.3) is 0 Å². The van der Waals surface area contributed by atoms with Gasteiger partial charge < -0.3 is 15.4 Å². The number of benzene rings is 1. The van der Waals surface area contributed by atoms with Gasteiger partial charge in [0.05, 0.1) is 19.2 Å². The highest BCUT2D eigenvalue weighted by Gasteiger charge is 2.35. The second kappa shape index (κ2) is 7.02. The SMILES string of the molecule is Cc1ccccc1[C@@H]1CN(C(=O)[C@@H]2CCC[C@@H](N)C2)[C@@H](C)CO1. The van der Waals surface area contributed by atoms with Crippen LogP contribution in [0.1, 0.15) is 49.8 Å². The number of aryl methyl sites for hydroxylation is 1. The summed E-state index contributed by atoms with van der Waals surface area (Å²) in [5.41, 5.74) is 8.48. The standard InChI is InChI=1S/C19H28N2O2/c1-13-6-3-4-9-17(13)18-11-21(14(2)12-23-18)19(22)15-7-5-8-16(20)10-15/h3-4,6,9,14-16,18H,5,7-8,10-12,20H2,1-2H3/t14-,15+,16+,18-/m0/s1. The topological polar surface area (TPSA) is 55.6 Å². The summed E-state index contributed by atoms with van der Waals surface area (Å²) in [6.45, 7) is 5.43. The summed E-state index contributed by atoms with van der Waals surface area (Å²) in [5.74, 6) is 0.367. The summed E-state index contributed by atoms with van der Waals surface area (Å²) in [6, 6.07) is 8.60. The fourth-order valence-corrected chi connectivity index (χ4v) is 3.89. The van der Waals surface area contributed by atoms with Gasteiger partial charge in [-0.15, -0.1) is 0 Å². The van der Waals surface area contributed by atoms with E-state index in [2.05, 4.69) is 26.0 Å². The summed E-state index contributed by atoms with van der Waals surface area (Å²) in [4.78, 5) is 15.0. The van der Waals surface area contributed by atoms with Crippen LogP contribution in [0.5, 0.6) is 0 Å². The first-order chi connectivity index (χ1) is 11.1. The van der Waals surface area contributed by atoms with E-state index in [1.54, 1.807) is 0 Å². The monoisotopic (exact) mass is 316 g/mol. The van der Waals surface area contributed by atoms with Crippen LogP contribution in [0.2, 0.25) is 0 Å². The lowest BCUT2D eigenvalue weighted by atomic mass is 9.84. The Bertz CT molecular complexity index is 560. The van der Waals surface area contributed by atoms with E-state index in [9.17, 15) is 4.79 Å². The molecule has 23 heavy (non-hydrogen) atoms. The van der Waals surface area contributed by atoms with Gasteiger partial charge in [-0.3, -0.25) is 4.79 Å². The zero-order chi connectivity index (χ0) is 16.4. The van der Waals surface area contributed by atoms with Gasteiger partial charge in [0, 0.05) is 12.0 Å². The highest BCUT2D eigenvalue weighted by molar-refractivity contribution is 5.79. The summed E-state index contributed by atoms with van der Waals surface area (Å²) < 4.78 is 6.03. The Hall–Kier alpha value is -1.39. The average Bonchev–Trinajstić information content (AvgIpc) is 2.55. The van der Waals surface area contributed by atoms with Crippen LogP contribution in [-0.4, -0.2) is 36.0 Å². The van der Waals surface area contributed by atoms with Crippen LogP contribution in [0.3, 0.4) is 0 Å². The molecular formula is C19H28N2O2. The van der Waals surface area contributed by atoms with Crippen molar-refractivity contribution >= 4 is 5.91 Å². The number of carbonyl (C=O) groups excluding carboxylic acids is 1. The van der Waals surface area contributed by atoms with Crippen molar-refractivity contribution in [2.45, 2.75) is 57.7 Å². The number of morpholine rings is 1. The van der Waals surface area contributed by atoms with Crippen LogP contribution >= 0.6 is 0 Å². The van der Waals surface area contributed by atoms with E-state index in [1.165, 1.54) is 11.1 Å². The van der Waals surface area contributed by atoms with E-state index in [1.807, 2.05) is 17.0 Å². The van der Waals surface area contributed by atoms with Crippen molar-refractivity contribution in [2.75, 3.05) is 13.2 Å². The van der Waals surface area contributed by atoms with E-state index < -0.39 is 0 Å². The van der Waals surface area contributed by atoms with Crippen LogP contribution in [0.4, 0.5) is 0 Å². The number of rotatable bonds is 2. The molecule has 1 amide bonds. The van der Waals surface area contributed by atoms with Gasteiger partial charge in [-0.05, 0) is 44.2 Å². The molecule has 4 nitrogen and oxygen atoms in total. The molecule has 2 aliphatic rings. The molecule has 0 bridgehead atoms. The maximum absolute atomic E-state index is 13.0. The predicted octanol–water partition coefficient (Wildman–Crippen LogP) is 2.80. The zero-order valence-electron chi connectivity index (χ0n) is 14.2. The third-order valence-corrected chi connectivity index (χ3v) is 5.32. The van der Waals surface area contributed by atoms with Gasteiger partial charge in [-0.25, -0.2) is 0 Å². The number of amides is 1. The van der Waals surface area contributed by atoms with E-state index in [4.69, 9.17) is 10.5 Å². The average molecular weight is 316 g/mol. The molecule has 0 aromatic heterocycles. The third-order valence-electron chi connectivity index (χ3n) is 5.32. The molecule has 1 aliphatic carbocycles. The Morgan fingerprint density at radius 1 is 1.30 bits per heavy atom. The van der Waals surface area contributed by atoms with Crippen LogP contribution in [0.15, 0.2) is 24.3 Å². The Morgan fingerprint density at radius 3 is 2.83 bits per heavy atom. The van der Waals surface area contributed by atoms with Crippen molar-refractivity contribution in [1.29, 1.82) is 0 Å². The normalized spacial score (nSPS) is 31.9. The summed E-state index contributed by atoms with van der Waals surface area (Å²) >= 11 is 0. The van der Waals surface area contributed by atoms with Crippen molar-refractivity contribution in [2.24, 2.45) is 11.7 Å². The van der Waals surface area contributed by atoms with Crippen molar-refractivity contribution in [3.8, 4) is 0 Å². The summed E-state index contributed by atoms with van der Waals surface area (Å²) in [5, 5.41) is 0. The third kappa shape index (κ3) is 3.59.